The van der Waals surface area contributed by atoms with Crippen molar-refractivity contribution in [3.05, 3.63) is 70.3 Å². The zero-order valence-corrected chi connectivity index (χ0v) is 21.0. The largest absolute Gasteiger partial charge is 0.489 e. The molecule has 0 spiro atoms. The van der Waals surface area contributed by atoms with Crippen LogP contribution < -0.4 is 4.74 Å². The minimum atomic E-state index is -0.609. The molecule has 182 valence electrons. The lowest BCUT2D eigenvalue weighted by Crippen LogP contribution is -2.33. The molecule has 1 saturated carbocycles. The number of benzene rings is 2. The number of hydrogen-bond acceptors (Lipinski definition) is 4. The van der Waals surface area contributed by atoms with Gasteiger partial charge in [0.25, 0.3) is 0 Å². The Balaban J connectivity index is 1.55. The van der Waals surface area contributed by atoms with Gasteiger partial charge in [0.2, 0.25) is 0 Å². The fourth-order valence-electron chi connectivity index (χ4n) is 5.34. The minimum Gasteiger partial charge on any atom is -0.489 e. The van der Waals surface area contributed by atoms with Crippen molar-refractivity contribution in [3.63, 3.8) is 0 Å². The molecule has 4 heteroatoms. The van der Waals surface area contributed by atoms with Gasteiger partial charge in [0, 0.05) is 11.8 Å². The van der Waals surface area contributed by atoms with Crippen molar-refractivity contribution >= 4 is 12.0 Å². The van der Waals surface area contributed by atoms with Crippen LogP contribution in [0.4, 0.5) is 0 Å². The standard InChI is InChI=1S/C30H38O4/c1-5-30(6-2,24-9-8-23(21(3)18-24)14-17-29(32)15-7-16-29)25-10-12-27(22(4)19-25)33-20-26-11-13-28(31)34-26/h8-10,12,14,17-19,26,32H,5-7,11,13,15-16,20H2,1-4H3. The second kappa shape index (κ2) is 9.95. The van der Waals surface area contributed by atoms with Gasteiger partial charge in [0.05, 0.1) is 5.60 Å². The Bertz CT molecular complexity index is 1060. The molecule has 2 fully saturated rings. The van der Waals surface area contributed by atoms with Gasteiger partial charge < -0.3 is 14.6 Å². The van der Waals surface area contributed by atoms with E-state index in [2.05, 4.69) is 70.2 Å². The van der Waals surface area contributed by atoms with Crippen LogP contribution in [0.3, 0.4) is 0 Å². The number of cyclic esters (lactones) is 1. The molecule has 2 aromatic rings. The van der Waals surface area contributed by atoms with Gasteiger partial charge in [-0.05, 0) is 86.3 Å². The summed E-state index contributed by atoms with van der Waals surface area (Å²) in [5.41, 5.74) is 5.41. The maximum absolute atomic E-state index is 11.3. The van der Waals surface area contributed by atoms with Crippen molar-refractivity contribution in [1.82, 2.24) is 0 Å². The topological polar surface area (TPSA) is 55.8 Å². The quantitative estimate of drug-likeness (QED) is 0.437. The summed E-state index contributed by atoms with van der Waals surface area (Å²) in [6.07, 6.45) is 9.94. The zero-order chi connectivity index (χ0) is 24.3. The molecule has 34 heavy (non-hydrogen) atoms. The third-order valence-electron chi connectivity index (χ3n) is 7.94. The molecule has 1 saturated heterocycles. The monoisotopic (exact) mass is 462 g/mol. The number of carbonyl (C=O) groups excluding carboxylic acids is 1. The summed E-state index contributed by atoms with van der Waals surface area (Å²) < 4.78 is 11.3. The molecule has 0 amide bonds. The molecule has 1 heterocycles. The van der Waals surface area contributed by atoms with E-state index < -0.39 is 5.60 Å². The van der Waals surface area contributed by atoms with Crippen molar-refractivity contribution in [2.75, 3.05) is 6.61 Å². The van der Waals surface area contributed by atoms with Gasteiger partial charge in [-0.25, -0.2) is 0 Å². The molecule has 2 aliphatic rings. The van der Waals surface area contributed by atoms with Crippen LogP contribution in [0.1, 0.15) is 86.6 Å². The van der Waals surface area contributed by atoms with Gasteiger partial charge in [0.1, 0.15) is 18.5 Å². The second-order valence-electron chi connectivity index (χ2n) is 10.1. The van der Waals surface area contributed by atoms with Crippen LogP contribution in [0.25, 0.3) is 6.08 Å². The predicted molar refractivity (Wildman–Crippen MR) is 136 cm³/mol. The van der Waals surface area contributed by atoms with Crippen LogP contribution >= 0.6 is 0 Å². The van der Waals surface area contributed by atoms with E-state index in [1.165, 1.54) is 16.7 Å². The van der Waals surface area contributed by atoms with E-state index in [0.717, 1.165) is 55.4 Å². The van der Waals surface area contributed by atoms with Crippen molar-refractivity contribution < 1.29 is 19.4 Å². The molecule has 1 N–H and O–H groups in total. The molecule has 0 radical (unpaired) electrons. The predicted octanol–water partition coefficient (Wildman–Crippen LogP) is 6.42. The summed E-state index contributed by atoms with van der Waals surface area (Å²) in [7, 11) is 0. The Labute approximate surface area is 204 Å². The Kier molecular flexibility index (Phi) is 7.18. The van der Waals surface area contributed by atoms with Gasteiger partial charge in [0.15, 0.2) is 0 Å². The number of aliphatic hydroxyl groups is 1. The fourth-order valence-corrected chi connectivity index (χ4v) is 5.34. The Hall–Kier alpha value is -2.59. The van der Waals surface area contributed by atoms with Crippen LogP contribution in [0.2, 0.25) is 0 Å². The molecular formula is C30H38O4. The van der Waals surface area contributed by atoms with Crippen LogP contribution in [0.15, 0.2) is 42.5 Å². The maximum atomic E-state index is 11.3. The molecule has 1 aliphatic carbocycles. The van der Waals surface area contributed by atoms with Gasteiger partial charge in [-0.3, -0.25) is 4.79 Å². The summed E-state index contributed by atoms with van der Waals surface area (Å²) in [6, 6.07) is 13.2. The molecular weight excluding hydrogens is 424 g/mol. The summed E-state index contributed by atoms with van der Waals surface area (Å²) >= 11 is 0. The van der Waals surface area contributed by atoms with Crippen LogP contribution in [-0.2, 0) is 14.9 Å². The summed E-state index contributed by atoms with van der Waals surface area (Å²) in [6.45, 7) is 9.16. The van der Waals surface area contributed by atoms with Crippen LogP contribution in [0.5, 0.6) is 5.75 Å². The second-order valence-corrected chi connectivity index (χ2v) is 10.1. The third kappa shape index (κ3) is 4.93. The van der Waals surface area contributed by atoms with Crippen LogP contribution in [0, 0.1) is 13.8 Å². The van der Waals surface area contributed by atoms with Crippen LogP contribution in [-0.4, -0.2) is 29.4 Å². The lowest BCUT2D eigenvalue weighted by atomic mass is 9.70. The normalized spacial score (nSPS) is 19.8. The van der Waals surface area contributed by atoms with E-state index in [1.807, 2.05) is 6.08 Å². The van der Waals surface area contributed by atoms with Gasteiger partial charge in [-0.2, -0.15) is 0 Å². The number of esters is 1. The number of aryl methyl sites for hydroxylation is 2. The summed E-state index contributed by atoms with van der Waals surface area (Å²) in [5, 5.41) is 10.4. The lowest BCUT2D eigenvalue weighted by molar-refractivity contribution is -0.142. The van der Waals surface area contributed by atoms with E-state index >= 15 is 0 Å². The number of ether oxygens (including phenoxy) is 2. The van der Waals surface area contributed by atoms with Gasteiger partial charge >= 0.3 is 5.97 Å². The summed E-state index contributed by atoms with van der Waals surface area (Å²) in [4.78, 5) is 11.3. The third-order valence-corrected chi connectivity index (χ3v) is 7.94. The summed E-state index contributed by atoms with van der Waals surface area (Å²) in [5.74, 6) is 0.713. The fraction of sp³-hybridized carbons (Fsp3) is 0.500. The highest BCUT2D eigenvalue weighted by Gasteiger charge is 2.33. The highest BCUT2D eigenvalue weighted by molar-refractivity contribution is 5.71. The first kappa shape index (κ1) is 24.5. The number of hydrogen-bond donors (Lipinski definition) is 1. The van der Waals surface area contributed by atoms with E-state index in [9.17, 15) is 9.90 Å². The number of rotatable bonds is 9. The Morgan fingerprint density at radius 3 is 2.29 bits per heavy atom. The zero-order valence-electron chi connectivity index (χ0n) is 21.0. The van der Waals surface area contributed by atoms with E-state index in [0.29, 0.717) is 13.0 Å². The van der Waals surface area contributed by atoms with Gasteiger partial charge in [-0.1, -0.05) is 56.3 Å². The van der Waals surface area contributed by atoms with E-state index in [-0.39, 0.29) is 17.5 Å². The molecule has 2 aromatic carbocycles. The van der Waals surface area contributed by atoms with E-state index in [4.69, 9.17) is 9.47 Å². The van der Waals surface area contributed by atoms with Crippen molar-refractivity contribution in [3.8, 4) is 5.75 Å². The first-order valence-electron chi connectivity index (χ1n) is 12.7. The van der Waals surface area contributed by atoms with Crippen molar-refractivity contribution in [2.24, 2.45) is 0 Å². The van der Waals surface area contributed by atoms with Crippen molar-refractivity contribution in [2.45, 2.75) is 89.8 Å². The molecule has 1 aliphatic heterocycles. The SMILES string of the molecule is CCC(CC)(c1ccc(C=CC2(O)CCC2)c(C)c1)c1ccc(OCC2CCC(=O)O2)c(C)c1. The molecule has 1 atom stereocenters. The molecule has 4 rings (SSSR count). The maximum Gasteiger partial charge on any atom is 0.306 e. The van der Waals surface area contributed by atoms with E-state index in [1.54, 1.807) is 0 Å². The smallest absolute Gasteiger partial charge is 0.306 e. The highest BCUT2D eigenvalue weighted by Crippen LogP contribution is 2.41. The number of carbonyl (C=O) groups is 1. The highest BCUT2D eigenvalue weighted by atomic mass is 16.6. The molecule has 0 aromatic heterocycles. The minimum absolute atomic E-state index is 0.0799. The van der Waals surface area contributed by atoms with Gasteiger partial charge in [-0.15, -0.1) is 0 Å². The Morgan fingerprint density at radius 2 is 1.76 bits per heavy atom. The average Bonchev–Trinajstić information content (AvgIpc) is 3.23. The Morgan fingerprint density at radius 1 is 1.09 bits per heavy atom. The first-order valence-corrected chi connectivity index (χ1v) is 12.7. The molecule has 1 unspecified atom stereocenters. The average molecular weight is 463 g/mol. The first-order chi connectivity index (χ1) is 16.3. The van der Waals surface area contributed by atoms with Crippen molar-refractivity contribution in [1.29, 1.82) is 0 Å². The lowest BCUT2D eigenvalue weighted by Gasteiger charge is -2.34. The molecule has 0 bridgehead atoms. The molecule has 4 nitrogen and oxygen atoms in total.